The minimum absolute atomic E-state index is 0.532. The Bertz CT molecular complexity index is 742. The highest BCUT2D eigenvalue weighted by Gasteiger charge is 2.18. The summed E-state index contributed by atoms with van der Waals surface area (Å²) >= 11 is 1.64. The lowest BCUT2D eigenvalue weighted by Gasteiger charge is -2.15. The molecule has 1 N–H and O–H groups in total. The number of aryl methyl sites for hydroxylation is 2. The molecule has 1 aromatic heterocycles. The van der Waals surface area contributed by atoms with Gasteiger partial charge >= 0.3 is 0 Å². The standard InChI is InChI=1S/C18H18OS/c1-3-13-10-11-20-18(13)17(19)16-9-8-12(2)14-6-4-5-7-15(14)16/h4-11,17,19H,3H2,1-2H3. The fraction of sp³-hybridized carbons (Fsp3) is 0.222. The van der Waals surface area contributed by atoms with Crippen LogP contribution in [0.4, 0.5) is 0 Å². The summed E-state index contributed by atoms with van der Waals surface area (Å²) in [5.41, 5.74) is 3.49. The van der Waals surface area contributed by atoms with Gasteiger partial charge in [-0.25, -0.2) is 0 Å². The average Bonchev–Trinajstić information content (AvgIpc) is 2.96. The van der Waals surface area contributed by atoms with Crippen LogP contribution < -0.4 is 0 Å². The zero-order chi connectivity index (χ0) is 14.1. The largest absolute Gasteiger partial charge is 0.383 e. The molecule has 0 aliphatic rings. The third kappa shape index (κ3) is 2.15. The molecule has 2 heteroatoms. The van der Waals surface area contributed by atoms with Gasteiger partial charge in [0.25, 0.3) is 0 Å². The highest BCUT2D eigenvalue weighted by atomic mass is 32.1. The summed E-state index contributed by atoms with van der Waals surface area (Å²) in [7, 11) is 0. The smallest absolute Gasteiger partial charge is 0.114 e. The van der Waals surface area contributed by atoms with E-state index in [1.807, 2.05) is 12.1 Å². The molecule has 3 rings (SSSR count). The molecule has 20 heavy (non-hydrogen) atoms. The van der Waals surface area contributed by atoms with Crippen LogP contribution in [0.3, 0.4) is 0 Å². The van der Waals surface area contributed by atoms with Crippen molar-refractivity contribution in [2.75, 3.05) is 0 Å². The van der Waals surface area contributed by atoms with Gasteiger partial charge in [-0.2, -0.15) is 0 Å². The number of hydrogen-bond donors (Lipinski definition) is 1. The van der Waals surface area contributed by atoms with Gasteiger partial charge in [0.15, 0.2) is 0 Å². The fourth-order valence-corrected chi connectivity index (χ4v) is 3.73. The summed E-state index contributed by atoms with van der Waals surface area (Å²) < 4.78 is 0. The normalized spacial score (nSPS) is 12.8. The van der Waals surface area contributed by atoms with Crippen molar-refractivity contribution in [3.05, 3.63) is 69.4 Å². The molecule has 0 bridgehead atoms. The molecular weight excluding hydrogens is 264 g/mol. The van der Waals surface area contributed by atoms with Crippen LogP contribution in [0.5, 0.6) is 0 Å². The quantitative estimate of drug-likeness (QED) is 0.727. The predicted molar refractivity (Wildman–Crippen MR) is 86.4 cm³/mol. The van der Waals surface area contributed by atoms with Gasteiger partial charge in [0, 0.05) is 4.88 Å². The second kappa shape index (κ2) is 5.39. The zero-order valence-electron chi connectivity index (χ0n) is 11.8. The van der Waals surface area contributed by atoms with Crippen molar-refractivity contribution in [3.63, 3.8) is 0 Å². The molecule has 1 heterocycles. The molecule has 102 valence electrons. The minimum atomic E-state index is -0.532. The molecule has 1 atom stereocenters. The summed E-state index contributed by atoms with van der Waals surface area (Å²) in [6, 6.07) is 14.6. The van der Waals surface area contributed by atoms with Crippen LogP contribution in [0.1, 0.15) is 34.6 Å². The maximum Gasteiger partial charge on any atom is 0.114 e. The predicted octanol–water partition coefficient (Wildman–Crippen LogP) is 4.85. The highest BCUT2D eigenvalue weighted by Crippen LogP contribution is 2.34. The Morgan fingerprint density at radius 1 is 1.05 bits per heavy atom. The summed E-state index contributed by atoms with van der Waals surface area (Å²) in [5.74, 6) is 0. The van der Waals surface area contributed by atoms with Crippen LogP contribution >= 0.6 is 11.3 Å². The van der Waals surface area contributed by atoms with Gasteiger partial charge in [0.05, 0.1) is 0 Å². The van der Waals surface area contributed by atoms with Gasteiger partial charge in [0.1, 0.15) is 6.10 Å². The van der Waals surface area contributed by atoms with Crippen LogP contribution in [0.15, 0.2) is 47.8 Å². The van der Waals surface area contributed by atoms with E-state index < -0.39 is 6.10 Å². The van der Waals surface area contributed by atoms with E-state index in [2.05, 4.69) is 49.6 Å². The fourth-order valence-electron chi connectivity index (χ4n) is 2.73. The first kappa shape index (κ1) is 13.3. The SMILES string of the molecule is CCc1ccsc1C(O)c1ccc(C)c2ccccc12. The molecule has 1 unspecified atom stereocenters. The number of rotatable bonds is 3. The zero-order valence-corrected chi connectivity index (χ0v) is 12.6. The van der Waals surface area contributed by atoms with Gasteiger partial charge in [-0.15, -0.1) is 11.3 Å². The lowest BCUT2D eigenvalue weighted by Crippen LogP contribution is -2.01. The Morgan fingerprint density at radius 3 is 2.55 bits per heavy atom. The average molecular weight is 282 g/mol. The second-order valence-corrected chi connectivity index (χ2v) is 6.03. The maximum absolute atomic E-state index is 10.8. The molecule has 0 amide bonds. The van der Waals surface area contributed by atoms with E-state index >= 15 is 0 Å². The van der Waals surface area contributed by atoms with Crippen molar-refractivity contribution < 1.29 is 5.11 Å². The number of thiophene rings is 1. The Balaban J connectivity index is 2.17. The van der Waals surface area contributed by atoms with Crippen molar-refractivity contribution in [3.8, 4) is 0 Å². The minimum Gasteiger partial charge on any atom is -0.383 e. The van der Waals surface area contributed by atoms with E-state index in [0.29, 0.717) is 0 Å². The van der Waals surface area contributed by atoms with Crippen molar-refractivity contribution >= 4 is 22.1 Å². The van der Waals surface area contributed by atoms with Crippen molar-refractivity contribution in [2.24, 2.45) is 0 Å². The molecule has 0 aliphatic heterocycles. The Labute approximate surface area is 123 Å². The van der Waals surface area contributed by atoms with E-state index in [4.69, 9.17) is 0 Å². The number of aliphatic hydroxyl groups is 1. The van der Waals surface area contributed by atoms with Crippen molar-refractivity contribution in [1.29, 1.82) is 0 Å². The van der Waals surface area contributed by atoms with Gasteiger partial charge < -0.3 is 5.11 Å². The highest BCUT2D eigenvalue weighted by molar-refractivity contribution is 7.10. The molecular formula is C18H18OS. The molecule has 2 aromatic carbocycles. The topological polar surface area (TPSA) is 20.2 Å². The molecule has 0 aliphatic carbocycles. The van der Waals surface area contributed by atoms with Crippen LogP contribution in [0.25, 0.3) is 10.8 Å². The van der Waals surface area contributed by atoms with E-state index in [1.165, 1.54) is 16.5 Å². The van der Waals surface area contributed by atoms with Gasteiger partial charge in [-0.05, 0) is 52.3 Å². The van der Waals surface area contributed by atoms with E-state index in [1.54, 1.807) is 11.3 Å². The molecule has 0 spiro atoms. The van der Waals surface area contributed by atoms with E-state index in [9.17, 15) is 5.11 Å². The van der Waals surface area contributed by atoms with Gasteiger partial charge in [0.2, 0.25) is 0 Å². The third-order valence-corrected chi connectivity index (χ3v) is 4.89. The van der Waals surface area contributed by atoms with Crippen LogP contribution in [0.2, 0.25) is 0 Å². The Hall–Kier alpha value is -1.64. The summed E-state index contributed by atoms with van der Waals surface area (Å²) in [4.78, 5) is 1.07. The first-order chi connectivity index (χ1) is 9.72. The lowest BCUT2D eigenvalue weighted by atomic mass is 9.95. The van der Waals surface area contributed by atoms with Crippen LogP contribution in [-0.4, -0.2) is 5.11 Å². The molecule has 3 aromatic rings. The Morgan fingerprint density at radius 2 is 1.80 bits per heavy atom. The first-order valence-corrected chi connectivity index (χ1v) is 7.83. The second-order valence-electron chi connectivity index (χ2n) is 5.08. The Kier molecular flexibility index (Phi) is 3.60. The molecule has 0 saturated carbocycles. The molecule has 0 saturated heterocycles. The molecule has 1 nitrogen and oxygen atoms in total. The molecule has 0 fully saturated rings. The van der Waals surface area contributed by atoms with Gasteiger partial charge in [-0.1, -0.05) is 43.3 Å². The number of hydrogen-bond acceptors (Lipinski definition) is 2. The number of fused-ring (bicyclic) bond motifs is 1. The van der Waals surface area contributed by atoms with Crippen molar-refractivity contribution in [1.82, 2.24) is 0 Å². The first-order valence-electron chi connectivity index (χ1n) is 6.95. The summed E-state index contributed by atoms with van der Waals surface area (Å²) in [6.07, 6.45) is 0.426. The third-order valence-electron chi connectivity index (χ3n) is 3.88. The summed E-state index contributed by atoms with van der Waals surface area (Å²) in [5, 5.41) is 15.2. The van der Waals surface area contributed by atoms with Crippen molar-refractivity contribution in [2.45, 2.75) is 26.4 Å². The van der Waals surface area contributed by atoms with E-state index in [0.717, 1.165) is 22.2 Å². The van der Waals surface area contributed by atoms with Crippen LogP contribution in [-0.2, 0) is 6.42 Å². The number of aliphatic hydroxyl groups excluding tert-OH is 1. The van der Waals surface area contributed by atoms with E-state index in [-0.39, 0.29) is 0 Å². The van der Waals surface area contributed by atoms with Gasteiger partial charge in [-0.3, -0.25) is 0 Å². The lowest BCUT2D eigenvalue weighted by molar-refractivity contribution is 0.225. The number of benzene rings is 2. The van der Waals surface area contributed by atoms with Crippen LogP contribution in [0, 0.1) is 6.92 Å². The monoisotopic (exact) mass is 282 g/mol. The molecule has 0 radical (unpaired) electrons. The summed E-state index contributed by atoms with van der Waals surface area (Å²) in [6.45, 7) is 4.24. The maximum atomic E-state index is 10.8.